The molecule has 2 aromatic rings. The number of carbonyl (C=O) groups excluding carboxylic acids is 4. The number of nitrogens with zero attached hydrogens (tertiary/aromatic N) is 1. The van der Waals surface area contributed by atoms with Gasteiger partial charge in [0.2, 0.25) is 18.3 Å². The van der Waals surface area contributed by atoms with E-state index < -0.39 is 82.8 Å². The average Bonchev–Trinajstić information content (AvgIpc) is 3.31. The first kappa shape index (κ1) is 37.3. The third-order valence-corrected chi connectivity index (χ3v) is 7.54. The van der Waals surface area contributed by atoms with Gasteiger partial charge in [0.25, 0.3) is 0 Å². The molecule has 1 aromatic heterocycles. The number of benzene rings is 1. The van der Waals surface area contributed by atoms with E-state index in [4.69, 9.17) is 28.4 Å². The Balaban J connectivity index is 2.20. The predicted molar refractivity (Wildman–Crippen MR) is 172 cm³/mol. The molecule has 256 valence electrons. The van der Waals surface area contributed by atoms with Crippen molar-refractivity contribution in [2.75, 3.05) is 6.61 Å². The lowest BCUT2D eigenvalue weighted by Crippen LogP contribution is -2.65. The monoisotopic (exact) mass is 710 g/mol. The van der Waals surface area contributed by atoms with Gasteiger partial charge in [-0.1, -0.05) is 6.07 Å². The van der Waals surface area contributed by atoms with E-state index in [0.717, 1.165) is 0 Å². The largest absolute Gasteiger partial charge is 0.462 e. The second-order valence-corrected chi connectivity index (χ2v) is 16.4. The van der Waals surface area contributed by atoms with Gasteiger partial charge in [-0.3, -0.25) is 24.3 Å². The molecule has 2 heterocycles. The molecule has 1 aromatic carbocycles. The lowest BCUT2D eigenvalue weighted by molar-refractivity contribution is -0.294. The number of halogens is 1. The molecule has 13 heteroatoms. The van der Waals surface area contributed by atoms with Crippen LogP contribution in [0.3, 0.4) is 0 Å². The van der Waals surface area contributed by atoms with E-state index in [-0.39, 0.29) is 5.88 Å². The molecule has 3 rings (SSSR count). The zero-order valence-electron chi connectivity index (χ0n) is 28.7. The summed E-state index contributed by atoms with van der Waals surface area (Å²) in [7, 11) is 0. The zero-order chi connectivity index (χ0) is 35.0. The van der Waals surface area contributed by atoms with Crippen molar-refractivity contribution in [3.8, 4) is 5.88 Å². The van der Waals surface area contributed by atoms with Gasteiger partial charge in [0, 0.05) is 4.47 Å². The van der Waals surface area contributed by atoms with E-state index in [0.29, 0.717) is 15.4 Å². The summed E-state index contributed by atoms with van der Waals surface area (Å²) >= 11 is 3.52. The summed E-state index contributed by atoms with van der Waals surface area (Å²) in [5, 5.41) is 7.76. The normalized spacial score (nSPS) is 22.6. The average molecular weight is 712 g/mol. The summed E-state index contributed by atoms with van der Waals surface area (Å²) in [6.45, 7) is 19.6. The number of hydrogen-bond donors (Lipinski definition) is 1. The summed E-state index contributed by atoms with van der Waals surface area (Å²) in [5.41, 5.74) is -3.17. The molecular formula is C33H47BrN2O10. The summed E-state index contributed by atoms with van der Waals surface area (Å²) in [6.07, 6.45) is -6.91. The number of nitrogens with one attached hydrogen (secondary N) is 1. The van der Waals surface area contributed by atoms with Crippen molar-refractivity contribution >= 4 is 50.7 Å². The topological polar surface area (TPSA) is 152 Å². The highest BCUT2D eigenvalue weighted by atomic mass is 79.9. The van der Waals surface area contributed by atoms with Crippen LogP contribution in [0, 0.1) is 21.7 Å². The highest BCUT2D eigenvalue weighted by molar-refractivity contribution is 9.10. The molecule has 1 unspecified atom stereocenters. The van der Waals surface area contributed by atoms with Crippen molar-refractivity contribution in [2.24, 2.45) is 21.7 Å². The highest BCUT2D eigenvalue weighted by Gasteiger charge is 2.56. The van der Waals surface area contributed by atoms with Crippen LogP contribution in [0.2, 0.25) is 0 Å². The van der Waals surface area contributed by atoms with Gasteiger partial charge in [-0.15, -0.1) is 5.10 Å². The van der Waals surface area contributed by atoms with Gasteiger partial charge >= 0.3 is 23.9 Å². The minimum Gasteiger partial charge on any atom is -0.462 e. The Hall–Kier alpha value is -3.19. The number of aromatic nitrogens is 2. The van der Waals surface area contributed by atoms with Crippen LogP contribution in [0.25, 0.3) is 10.9 Å². The van der Waals surface area contributed by atoms with E-state index in [1.165, 1.54) is 0 Å². The lowest BCUT2D eigenvalue weighted by atomic mass is 9.93. The van der Waals surface area contributed by atoms with Crippen LogP contribution in [-0.2, 0) is 42.9 Å². The fourth-order valence-corrected chi connectivity index (χ4v) is 4.52. The Morgan fingerprint density at radius 1 is 0.739 bits per heavy atom. The number of aromatic amines is 1. The Morgan fingerprint density at radius 2 is 1.22 bits per heavy atom. The Kier molecular flexibility index (Phi) is 10.9. The molecule has 1 fully saturated rings. The molecule has 1 aliphatic rings. The number of fused-ring (bicyclic) bond motifs is 1. The number of H-pyrrole nitrogens is 1. The Morgan fingerprint density at radius 3 is 1.72 bits per heavy atom. The molecule has 46 heavy (non-hydrogen) atoms. The first-order chi connectivity index (χ1) is 20.9. The second-order valence-electron chi connectivity index (χ2n) is 15.6. The minimum atomic E-state index is -1.45. The van der Waals surface area contributed by atoms with Gasteiger partial charge in [-0.2, -0.15) is 0 Å². The summed E-state index contributed by atoms with van der Waals surface area (Å²) in [5.74, 6) is -2.40. The van der Waals surface area contributed by atoms with Crippen LogP contribution < -0.4 is 4.74 Å². The molecule has 0 amide bonds. The van der Waals surface area contributed by atoms with E-state index in [1.807, 2.05) is 6.07 Å². The highest BCUT2D eigenvalue weighted by Crippen LogP contribution is 2.37. The molecule has 12 nitrogen and oxygen atoms in total. The molecule has 5 atom stereocenters. The minimum absolute atomic E-state index is 0.0979. The molecule has 0 spiro atoms. The number of carbonyl (C=O) groups is 4. The molecule has 0 aliphatic carbocycles. The van der Waals surface area contributed by atoms with Crippen LogP contribution in [-0.4, -0.2) is 71.4 Å². The molecule has 0 bridgehead atoms. The van der Waals surface area contributed by atoms with Crippen LogP contribution in [0.15, 0.2) is 22.7 Å². The van der Waals surface area contributed by atoms with E-state index >= 15 is 0 Å². The van der Waals surface area contributed by atoms with Gasteiger partial charge in [-0.25, -0.2) is 0 Å². The van der Waals surface area contributed by atoms with Crippen molar-refractivity contribution in [1.29, 1.82) is 0 Å². The number of rotatable bonds is 7. The first-order valence-electron chi connectivity index (χ1n) is 15.2. The van der Waals surface area contributed by atoms with Crippen molar-refractivity contribution < 1.29 is 47.6 Å². The second kappa shape index (κ2) is 13.5. The van der Waals surface area contributed by atoms with E-state index in [2.05, 4.69) is 26.1 Å². The lowest BCUT2D eigenvalue weighted by Gasteiger charge is -2.45. The third kappa shape index (κ3) is 8.99. The fraction of sp³-hybridized carbons (Fsp3) is 0.667. The van der Waals surface area contributed by atoms with Gasteiger partial charge in [-0.05, 0) is 111 Å². The number of ether oxygens (including phenoxy) is 6. The summed E-state index contributed by atoms with van der Waals surface area (Å²) in [4.78, 5) is 53.0. The quantitative estimate of drug-likeness (QED) is 0.270. The molecule has 0 saturated carbocycles. The maximum atomic E-state index is 13.4. The molecular weight excluding hydrogens is 664 g/mol. The van der Waals surface area contributed by atoms with Crippen LogP contribution in [0.1, 0.15) is 83.1 Å². The van der Waals surface area contributed by atoms with Crippen LogP contribution >= 0.6 is 15.9 Å². The smallest absolute Gasteiger partial charge is 0.311 e. The number of hydrogen-bond acceptors (Lipinski definition) is 11. The van der Waals surface area contributed by atoms with Gasteiger partial charge in [0.1, 0.15) is 12.7 Å². The molecule has 1 aliphatic heterocycles. The van der Waals surface area contributed by atoms with Gasteiger partial charge in [0.15, 0.2) is 12.2 Å². The maximum Gasteiger partial charge on any atom is 0.311 e. The standard InChI is InChI=1S/C33H47BrN2O10/c1-30(2,3)26(37)41-16-19-21(43-27(38)31(4,5)6)22(44-28(39)32(7,8)9)23(45-29(40)33(10,11)12)25(42-19)46-24-20-17(34)14-13-15-18(20)35-36-24/h13-15,19,21-23,25H,16H2,1-12H3,(H,35,36)/t19-,21-,22+,23-,25?/m1/s1. The SMILES string of the molecule is CC(C)(C)C(=O)OC[C@H]1OC(Oc2n[nH]c3cccc(Br)c23)[C@H](OC(=O)C(C)(C)C)[C@@H](OC(=O)C(C)(C)C)[C@@H]1OC(=O)C(C)(C)C. The summed E-state index contributed by atoms with van der Waals surface area (Å²) in [6, 6.07) is 5.41. The van der Waals surface area contributed by atoms with Crippen molar-refractivity contribution in [3.63, 3.8) is 0 Å². The van der Waals surface area contributed by atoms with Gasteiger partial charge in [0.05, 0.1) is 32.6 Å². The predicted octanol–water partition coefficient (Wildman–Crippen LogP) is 5.89. The van der Waals surface area contributed by atoms with Crippen molar-refractivity contribution in [3.05, 3.63) is 22.7 Å². The molecule has 0 radical (unpaired) electrons. The Labute approximate surface area is 278 Å². The summed E-state index contributed by atoms with van der Waals surface area (Å²) < 4.78 is 36.9. The number of esters is 4. The van der Waals surface area contributed by atoms with Crippen molar-refractivity contribution in [2.45, 2.75) is 114 Å². The van der Waals surface area contributed by atoms with E-state index in [9.17, 15) is 19.2 Å². The van der Waals surface area contributed by atoms with Crippen LogP contribution in [0.5, 0.6) is 5.88 Å². The molecule has 1 N–H and O–H groups in total. The van der Waals surface area contributed by atoms with Gasteiger partial charge < -0.3 is 28.4 Å². The zero-order valence-corrected chi connectivity index (χ0v) is 30.3. The third-order valence-electron chi connectivity index (χ3n) is 6.88. The molecule has 1 saturated heterocycles. The Bertz CT molecular complexity index is 1440. The fourth-order valence-electron chi connectivity index (χ4n) is 3.98. The first-order valence-corrected chi connectivity index (χ1v) is 16.0. The van der Waals surface area contributed by atoms with Crippen LogP contribution in [0.4, 0.5) is 0 Å². The van der Waals surface area contributed by atoms with E-state index in [1.54, 1.807) is 95.2 Å². The maximum absolute atomic E-state index is 13.4. The van der Waals surface area contributed by atoms with Crippen molar-refractivity contribution in [1.82, 2.24) is 10.2 Å².